The Kier molecular flexibility index (Phi) is 6.00. The Labute approximate surface area is 146 Å². The number of methoxy groups -OCH3 is 1. The van der Waals surface area contributed by atoms with Crippen LogP contribution in [0, 0.1) is 0 Å². The molecule has 6 nitrogen and oxygen atoms in total. The van der Waals surface area contributed by atoms with Crippen LogP contribution < -0.4 is 14.8 Å². The van der Waals surface area contributed by atoms with E-state index in [1.165, 1.54) is 0 Å². The third-order valence-electron chi connectivity index (χ3n) is 3.95. The molecule has 2 aromatic rings. The lowest BCUT2D eigenvalue weighted by molar-refractivity contribution is -0.143. The van der Waals surface area contributed by atoms with Crippen LogP contribution in [0.3, 0.4) is 0 Å². The van der Waals surface area contributed by atoms with Crippen LogP contribution in [0.4, 0.5) is 0 Å². The summed E-state index contributed by atoms with van der Waals surface area (Å²) in [6.07, 6.45) is 0. The van der Waals surface area contributed by atoms with E-state index in [1.54, 1.807) is 62.6 Å². The van der Waals surface area contributed by atoms with Gasteiger partial charge in [0.25, 0.3) is 5.91 Å². The molecule has 2 rings (SSSR count). The molecule has 0 aliphatic carbocycles. The summed E-state index contributed by atoms with van der Waals surface area (Å²) in [6.45, 7) is 1.35. The lowest BCUT2D eigenvalue weighted by Gasteiger charge is -2.25. The van der Waals surface area contributed by atoms with Gasteiger partial charge in [-0.3, -0.25) is 9.59 Å². The van der Waals surface area contributed by atoms with Gasteiger partial charge in [-0.2, -0.15) is 0 Å². The fourth-order valence-electron chi connectivity index (χ4n) is 2.25. The van der Waals surface area contributed by atoms with E-state index in [4.69, 9.17) is 9.47 Å². The van der Waals surface area contributed by atoms with Crippen LogP contribution in [-0.2, 0) is 15.0 Å². The molecule has 6 heteroatoms. The van der Waals surface area contributed by atoms with Gasteiger partial charge in [0.05, 0.1) is 7.11 Å². The third kappa shape index (κ3) is 4.73. The van der Waals surface area contributed by atoms with Crippen LogP contribution in [0.2, 0.25) is 0 Å². The van der Waals surface area contributed by atoms with Crippen molar-refractivity contribution in [3.63, 3.8) is 0 Å². The van der Waals surface area contributed by atoms with Crippen molar-refractivity contribution in [3.8, 4) is 11.5 Å². The molecule has 0 saturated carbocycles. The van der Waals surface area contributed by atoms with Crippen molar-refractivity contribution in [2.45, 2.75) is 12.3 Å². The number of hydrogen-bond donors (Lipinski definition) is 2. The largest absolute Gasteiger partial charge is 0.497 e. The minimum Gasteiger partial charge on any atom is -0.497 e. The van der Waals surface area contributed by atoms with Gasteiger partial charge in [-0.05, 0) is 36.8 Å². The van der Waals surface area contributed by atoms with Crippen molar-refractivity contribution < 1.29 is 24.2 Å². The molecule has 1 unspecified atom stereocenters. The number of rotatable bonds is 8. The maximum atomic E-state index is 12.0. The van der Waals surface area contributed by atoms with E-state index in [9.17, 15) is 14.7 Å². The summed E-state index contributed by atoms with van der Waals surface area (Å²) in [5.74, 6) is -0.175. The van der Waals surface area contributed by atoms with Crippen molar-refractivity contribution >= 4 is 11.9 Å². The lowest BCUT2D eigenvalue weighted by Crippen LogP contribution is -2.45. The zero-order valence-electron chi connectivity index (χ0n) is 14.2. The number of nitrogens with one attached hydrogen (secondary N) is 1. The standard InChI is InChI=1S/C19H21NO5/c1-19(18(22)23,14-6-4-3-5-7-14)13-20-17(21)12-25-16-10-8-15(24-2)9-11-16/h3-11H,12-13H2,1-2H3,(H,20,21)(H,22,23). The summed E-state index contributed by atoms with van der Waals surface area (Å²) in [5.41, 5.74) is -0.587. The Morgan fingerprint density at radius 3 is 2.20 bits per heavy atom. The molecule has 25 heavy (non-hydrogen) atoms. The van der Waals surface area contributed by atoms with Crippen molar-refractivity contribution in [2.75, 3.05) is 20.3 Å². The summed E-state index contributed by atoms with van der Waals surface area (Å²) in [7, 11) is 1.56. The molecule has 0 heterocycles. The van der Waals surface area contributed by atoms with E-state index in [0.29, 0.717) is 17.1 Å². The zero-order chi connectivity index (χ0) is 18.3. The Hall–Kier alpha value is -3.02. The first-order chi connectivity index (χ1) is 12.0. The van der Waals surface area contributed by atoms with E-state index < -0.39 is 11.4 Å². The van der Waals surface area contributed by atoms with Crippen LogP contribution in [0.15, 0.2) is 54.6 Å². The maximum absolute atomic E-state index is 12.0. The molecule has 0 saturated heterocycles. The second-order valence-electron chi connectivity index (χ2n) is 5.74. The topological polar surface area (TPSA) is 84.9 Å². The number of carbonyl (C=O) groups excluding carboxylic acids is 1. The first-order valence-electron chi connectivity index (χ1n) is 7.78. The third-order valence-corrected chi connectivity index (χ3v) is 3.95. The highest BCUT2D eigenvalue weighted by atomic mass is 16.5. The summed E-state index contributed by atoms with van der Waals surface area (Å²) >= 11 is 0. The van der Waals surface area contributed by atoms with Gasteiger partial charge in [-0.15, -0.1) is 0 Å². The van der Waals surface area contributed by atoms with E-state index in [0.717, 1.165) is 0 Å². The first-order valence-corrected chi connectivity index (χ1v) is 7.78. The molecule has 0 aliphatic heterocycles. The van der Waals surface area contributed by atoms with Crippen LogP contribution >= 0.6 is 0 Å². The first kappa shape index (κ1) is 18.3. The number of carboxylic acids is 1. The Balaban J connectivity index is 1.91. The minimum atomic E-state index is -1.21. The van der Waals surface area contributed by atoms with Gasteiger partial charge < -0.3 is 19.9 Å². The average Bonchev–Trinajstić information content (AvgIpc) is 2.65. The van der Waals surface area contributed by atoms with Gasteiger partial charge >= 0.3 is 5.97 Å². The number of benzene rings is 2. The summed E-state index contributed by atoms with van der Waals surface area (Å²) in [6, 6.07) is 15.6. The zero-order valence-corrected chi connectivity index (χ0v) is 14.2. The quantitative estimate of drug-likeness (QED) is 0.768. The molecule has 1 atom stereocenters. The predicted octanol–water partition coefficient (Wildman–Crippen LogP) is 2.23. The van der Waals surface area contributed by atoms with Gasteiger partial charge in [0.2, 0.25) is 0 Å². The Morgan fingerprint density at radius 1 is 1.04 bits per heavy atom. The van der Waals surface area contributed by atoms with Gasteiger partial charge in [-0.25, -0.2) is 0 Å². The predicted molar refractivity (Wildman–Crippen MR) is 92.9 cm³/mol. The van der Waals surface area contributed by atoms with Crippen LogP contribution in [0.5, 0.6) is 11.5 Å². The molecule has 0 aromatic heterocycles. The molecule has 0 radical (unpaired) electrons. The molecule has 0 bridgehead atoms. The second kappa shape index (κ2) is 8.19. The highest BCUT2D eigenvalue weighted by Gasteiger charge is 2.35. The Morgan fingerprint density at radius 2 is 1.64 bits per heavy atom. The van der Waals surface area contributed by atoms with E-state index in [2.05, 4.69) is 5.32 Å². The van der Waals surface area contributed by atoms with Gasteiger partial charge in [0, 0.05) is 6.54 Å². The molecule has 2 N–H and O–H groups in total. The molecule has 0 spiro atoms. The van der Waals surface area contributed by atoms with Crippen LogP contribution in [-0.4, -0.2) is 37.2 Å². The SMILES string of the molecule is COc1ccc(OCC(=O)NCC(C)(C(=O)O)c2ccccc2)cc1. The van der Waals surface area contributed by atoms with Crippen LogP contribution in [0.25, 0.3) is 0 Å². The number of aliphatic carboxylic acids is 1. The Bertz CT molecular complexity index is 714. The van der Waals surface area contributed by atoms with E-state index in [-0.39, 0.29) is 19.1 Å². The second-order valence-corrected chi connectivity index (χ2v) is 5.74. The smallest absolute Gasteiger partial charge is 0.315 e. The van der Waals surface area contributed by atoms with Gasteiger partial charge in [0.1, 0.15) is 16.9 Å². The van der Waals surface area contributed by atoms with Gasteiger partial charge in [0.15, 0.2) is 6.61 Å². The minimum absolute atomic E-state index is 0.0306. The monoisotopic (exact) mass is 343 g/mol. The normalized spacial score (nSPS) is 12.7. The lowest BCUT2D eigenvalue weighted by atomic mass is 9.82. The van der Waals surface area contributed by atoms with Gasteiger partial charge in [-0.1, -0.05) is 30.3 Å². The molecule has 132 valence electrons. The van der Waals surface area contributed by atoms with Crippen molar-refractivity contribution in [1.29, 1.82) is 0 Å². The van der Waals surface area contributed by atoms with Crippen molar-refractivity contribution in [3.05, 3.63) is 60.2 Å². The van der Waals surface area contributed by atoms with Crippen molar-refractivity contribution in [2.24, 2.45) is 0 Å². The summed E-state index contributed by atoms with van der Waals surface area (Å²) in [5, 5.41) is 12.2. The molecule has 0 aliphatic rings. The fourth-order valence-corrected chi connectivity index (χ4v) is 2.25. The van der Waals surface area contributed by atoms with Crippen LogP contribution in [0.1, 0.15) is 12.5 Å². The van der Waals surface area contributed by atoms with E-state index in [1.807, 2.05) is 6.07 Å². The number of carboxylic acid groups (broad SMARTS) is 1. The highest BCUT2D eigenvalue weighted by molar-refractivity contribution is 5.83. The van der Waals surface area contributed by atoms with Crippen molar-refractivity contribution in [1.82, 2.24) is 5.32 Å². The molecular formula is C19H21NO5. The molecule has 0 fully saturated rings. The average molecular weight is 343 g/mol. The molecule has 1 amide bonds. The summed E-state index contributed by atoms with van der Waals surface area (Å²) < 4.78 is 10.4. The maximum Gasteiger partial charge on any atom is 0.315 e. The number of carbonyl (C=O) groups is 2. The summed E-state index contributed by atoms with van der Waals surface area (Å²) in [4.78, 5) is 23.7. The molecule has 2 aromatic carbocycles. The number of hydrogen-bond acceptors (Lipinski definition) is 4. The number of ether oxygens (including phenoxy) is 2. The number of amides is 1. The fraction of sp³-hybridized carbons (Fsp3) is 0.263. The van der Waals surface area contributed by atoms with E-state index >= 15 is 0 Å². The highest BCUT2D eigenvalue weighted by Crippen LogP contribution is 2.23. The molecular weight excluding hydrogens is 322 g/mol.